The first-order chi connectivity index (χ1) is 8.87. The predicted octanol–water partition coefficient (Wildman–Crippen LogP) is 1.47. The van der Waals surface area contributed by atoms with E-state index in [4.69, 9.17) is 0 Å². The van der Waals surface area contributed by atoms with E-state index in [2.05, 4.69) is 27.7 Å². The molecule has 19 heavy (non-hydrogen) atoms. The quantitative estimate of drug-likeness (QED) is 0.877. The van der Waals surface area contributed by atoms with Crippen LogP contribution in [0.3, 0.4) is 0 Å². The molecule has 0 unspecified atom stereocenters. The normalized spacial score (nSPS) is 27.9. The first kappa shape index (κ1) is 14.0. The van der Waals surface area contributed by atoms with E-state index >= 15 is 0 Å². The van der Waals surface area contributed by atoms with Gasteiger partial charge in [-0.3, -0.25) is 0 Å². The highest BCUT2D eigenvalue weighted by atomic mass is 32.2. The molecule has 0 atom stereocenters. The van der Waals surface area contributed by atoms with E-state index in [1.807, 2.05) is 0 Å². The van der Waals surface area contributed by atoms with Crippen LogP contribution >= 0.6 is 0 Å². The summed E-state index contributed by atoms with van der Waals surface area (Å²) in [5, 5.41) is 9.35. The Morgan fingerprint density at radius 2 is 2.16 bits per heavy atom. The average Bonchev–Trinajstić information content (AvgIpc) is 2.80. The van der Waals surface area contributed by atoms with Crippen LogP contribution in [-0.4, -0.2) is 23.9 Å². The summed E-state index contributed by atoms with van der Waals surface area (Å²) in [5.41, 5.74) is -0.982. The maximum atomic E-state index is 12.2. The Hall–Kier alpha value is -1.39. The minimum absolute atomic E-state index is 0.0123. The molecule has 1 aromatic heterocycles. The Morgan fingerprint density at radius 1 is 1.53 bits per heavy atom. The van der Waals surface area contributed by atoms with E-state index in [1.165, 1.54) is 6.20 Å². The summed E-state index contributed by atoms with van der Waals surface area (Å²) in [7, 11) is -3.72. The van der Waals surface area contributed by atoms with Crippen molar-refractivity contribution < 1.29 is 8.42 Å². The summed E-state index contributed by atoms with van der Waals surface area (Å²) in [4.78, 5) is 6.56. The first-order valence-corrected chi connectivity index (χ1v) is 7.82. The van der Waals surface area contributed by atoms with Crippen molar-refractivity contribution in [1.29, 1.82) is 5.26 Å². The van der Waals surface area contributed by atoms with E-state index < -0.39 is 15.6 Å². The number of hydrogen-bond donors (Lipinski definition) is 2. The van der Waals surface area contributed by atoms with Gasteiger partial charge in [-0.25, -0.2) is 13.4 Å². The third kappa shape index (κ3) is 2.96. The molecule has 104 valence electrons. The van der Waals surface area contributed by atoms with Gasteiger partial charge in [-0.1, -0.05) is 6.92 Å². The van der Waals surface area contributed by atoms with Crippen molar-refractivity contribution in [2.45, 2.75) is 50.1 Å². The van der Waals surface area contributed by atoms with Crippen molar-refractivity contribution in [2.75, 3.05) is 0 Å². The highest BCUT2D eigenvalue weighted by Gasteiger charge is 2.38. The van der Waals surface area contributed by atoms with Gasteiger partial charge in [0.2, 0.25) is 0 Å². The minimum atomic E-state index is -3.72. The molecule has 1 aliphatic carbocycles. The number of rotatable bonds is 3. The molecule has 1 fully saturated rings. The molecule has 1 saturated carbocycles. The fourth-order valence-corrected chi connectivity index (χ4v) is 3.69. The smallest absolute Gasteiger partial charge is 0.258 e. The van der Waals surface area contributed by atoms with E-state index in [-0.39, 0.29) is 5.03 Å². The summed E-state index contributed by atoms with van der Waals surface area (Å²) in [5.74, 6) is 1.07. The van der Waals surface area contributed by atoms with Crippen LogP contribution in [0.25, 0.3) is 0 Å². The molecular weight excluding hydrogens is 264 g/mol. The van der Waals surface area contributed by atoms with E-state index in [1.54, 1.807) is 6.92 Å². The number of nitriles is 1. The lowest BCUT2D eigenvalue weighted by Gasteiger charge is -2.33. The standard InChI is InChI=1S/C12H18N4O2S/c1-9-3-5-12(8-13,6-4-9)16-19(17,18)11-7-14-10(2)15-11/h7,9,16H,3-6H2,1-2H3,(H,14,15). The lowest BCUT2D eigenvalue weighted by molar-refractivity contribution is 0.277. The van der Waals surface area contributed by atoms with Gasteiger partial charge in [0.15, 0.2) is 5.03 Å². The number of H-pyrrole nitrogens is 1. The molecule has 1 heterocycles. The number of sulfonamides is 1. The summed E-state index contributed by atoms with van der Waals surface area (Å²) in [6.45, 7) is 3.80. The van der Waals surface area contributed by atoms with Gasteiger partial charge in [0, 0.05) is 0 Å². The summed E-state index contributed by atoms with van der Waals surface area (Å²) >= 11 is 0. The highest BCUT2D eigenvalue weighted by molar-refractivity contribution is 7.89. The molecule has 6 nitrogen and oxygen atoms in total. The molecule has 0 spiro atoms. The molecule has 1 aromatic rings. The van der Waals surface area contributed by atoms with Crippen LogP contribution in [0.15, 0.2) is 11.2 Å². The number of aromatic amines is 1. The number of hydrogen-bond acceptors (Lipinski definition) is 4. The molecule has 2 rings (SSSR count). The molecule has 0 amide bonds. The zero-order valence-electron chi connectivity index (χ0n) is 11.1. The lowest BCUT2D eigenvalue weighted by Crippen LogP contribution is -2.49. The van der Waals surface area contributed by atoms with E-state index in [0.717, 1.165) is 12.8 Å². The third-order valence-electron chi connectivity index (χ3n) is 3.64. The molecule has 0 bridgehead atoms. The topological polar surface area (TPSA) is 98.6 Å². The van der Waals surface area contributed by atoms with Crippen LogP contribution in [-0.2, 0) is 10.0 Å². The number of imidazole rings is 1. The third-order valence-corrected chi connectivity index (χ3v) is 5.09. The zero-order valence-corrected chi connectivity index (χ0v) is 11.9. The van der Waals surface area contributed by atoms with Crippen LogP contribution in [0.2, 0.25) is 0 Å². The second kappa shape index (κ2) is 4.94. The lowest BCUT2D eigenvalue weighted by atomic mass is 9.79. The van der Waals surface area contributed by atoms with Gasteiger partial charge >= 0.3 is 0 Å². The van der Waals surface area contributed by atoms with E-state index in [9.17, 15) is 13.7 Å². The van der Waals surface area contributed by atoms with Gasteiger partial charge in [-0.05, 0) is 38.5 Å². The monoisotopic (exact) mass is 282 g/mol. The van der Waals surface area contributed by atoms with Crippen molar-refractivity contribution in [3.8, 4) is 6.07 Å². The molecule has 1 aliphatic rings. The average molecular weight is 282 g/mol. The number of aromatic nitrogens is 2. The largest absolute Gasteiger partial charge is 0.332 e. The second-order valence-corrected chi connectivity index (χ2v) is 6.97. The second-order valence-electron chi connectivity index (χ2n) is 5.31. The molecule has 0 saturated heterocycles. The Morgan fingerprint density at radius 3 is 2.63 bits per heavy atom. The maximum Gasteiger partial charge on any atom is 0.258 e. The predicted molar refractivity (Wildman–Crippen MR) is 69.6 cm³/mol. The van der Waals surface area contributed by atoms with Gasteiger partial charge < -0.3 is 4.98 Å². The van der Waals surface area contributed by atoms with Gasteiger partial charge in [0.1, 0.15) is 11.4 Å². The van der Waals surface area contributed by atoms with Gasteiger partial charge in [-0.15, -0.1) is 0 Å². The van der Waals surface area contributed by atoms with Crippen LogP contribution < -0.4 is 4.72 Å². The van der Waals surface area contributed by atoms with E-state index in [0.29, 0.717) is 24.6 Å². The maximum absolute atomic E-state index is 12.2. The molecule has 2 N–H and O–H groups in total. The Kier molecular flexibility index (Phi) is 3.65. The van der Waals surface area contributed by atoms with Crippen LogP contribution in [0.5, 0.6) is 0 Å². The van der Waals surface area contributed by atoms with Crippen molar-refractivity contribution in [1.82, 2.24) is 14.7 Å². The molecule has 7 heteroatoms. The highest BCUT2D eigenvalue weighted by Crippen LogP contribution is 2.32. The van der Waals surface area contributed by atoms with Crippen LogP contribution in [0.4, 0.5) is 0 Å². The van der Waals surface area contributed by atoms with Crippen LogP contribution in [0.1, 0.15) is 38.4 Å². The van der Waals surface area contributed by atoms with Crippen molar-refractivity contribution in [2.24, 2.45) is 5.92 Å². The van der Waals surface area contributed by atoms with Crippen LogP contribution in [0, 0.1) is 24.2 Å². The number of nitrogens with zero attached hydrogens (tertiary/aromatic N) is 2. The van der Waals surface area contributed by atoms with Gasteiger partial charge in [0.05, 0.1) is 12.3 Å². The molecule has 0 radical (unpaired) electrons. The number of aryl methyl sites for hydroxylation is 1. The number of nitrogens with one attached hydrogen (secondary N) is 2. The SMILES string of the molecule is Cc1ncc(S(=O)(=O)NC2(C#N)CCC(C)CC2)[nH]1. The minimum Gasteiger partial charge on any atom is -0.332 e. The Balaban J connectivity index is 2.21. The fourth-order valence-electron chi connectivity index (χ4n) is 2.34. The molecule has 0 aliphatic heterocycles. The fraction of sp³-hybridized carbons (Fsp3) is 0.667. The van der Waals surface area contributed by atoms with Gasteiger partial charge in [-0.2, -0.15) is 9.98 Å². The first-order valence-electron chi connectivity index (χ1n) is 6.34. The summed E-state index contributed by atoms with van der Waals surface area (Å²) in [6.07, 6.45) is 4.10. The van der Waals surface area contributed by atoms with Crippen molar-refractivity contribution >= 4 is 10.0 Å². The Bertz CT molecular complexity index is 591. The van der Waals surface area contributed by atoms with Crippen molar-refractivity contribution in [3.63, 3.8) is 0 Å². The van der Waals surface area contributed by atoms with Gasteiger partial charge in [0.25, 0.3) is 10.0 Å². The Labute approximate surface area is 113 Å². The molecule has 0 aromatic carbocycles. The molecular formula is C12H18N4O2S. The van der Waals surface area contributed by atoms with Crippen molar-refractivity contribution in [3.05, 3.63) is 12.0 Å². The summed E-state index contributed by atoms with van der Waals surface area (Å²) < 4.78 is 27.0. The zero-order chi connectivity index (χ0) is 14.1. The summed E-state index contributed by atoms with van der Waals surface area (Å²) in [6, 6.07) is 2.15.